The average molecular weight is 881 g/mol. The lowest BCUT2D eigenvalue weighted by molar-refractivity contribution is -0.140. The first kappa shape index (κ1) is 48.2. The number of halogens is 4. The number of likely N-dealkylation sites (tertiary alicyclic amines) is 1. The van der Waals surface area contributed by atoms with Crippen molar-refractivity contribution < 1.29 is 59.3 Å². The summed E-state index contributed by atoms with van der Waals surface area (Å²) in [5, 5.41) is 13.0. The van der Waals surface area contributed by atoms with Gasteiger partial charge in [-0.1, -0.05) is 59.8 Å². The summed E-state index contributed by atoms with van der Waals surface area (Å²) in [4.78, 5) is 68.7. The van der Waals surface area contributed by atoms with Crippen LogP contribution in [0, 0.1) is 23.7 Å². The van der Waals surface area contributed by atoms with Gasteiger partial charge in [-0.05, 0) is 68.9 Å². The van der Waals surface area contributed by atoms with Crippen molar-refractivity contribution in [3.8, 4) is 5.75 Å². The minimum atomic E-state index is -4.11. The van der Waals surface area contributed by atoms with Crippen LogP contribution in [0.1, 0.15) is 115 Å². The smallest absolute Gasteiger partial charge is 0.405 e. The Morgan fingerprint density at radius 2 is 1.77 bits per heavy atom. The zero-order valence-electron chi connectivity index (χ0n) is 34.9. The van der Waals surface area contributed by atoms with Crippen molar-refractivity contribution in [2.75, 3.05) is 20.2 Å². The molecule has 0 unspecified atom stereocenters. The number of methoxy groups -OCH3 is 1. The van der Waals surface area contributed by atoms with Crippen LogP contribution in [0.4, 0.5) is 22.4 Å². The number of H-pyrrole nitrogens is 1. The van der Waals surface area contributed by atoms with Gasteiger partial charge in [0.25, 0.3) is 17.4 Å². The number of rotatable bonds is 16. The molecule has 15 nitrogen and oxygen atoms in total. The van der Waals surface area contributed by atoms with Gasteiger partial charge in [0.1, 0.15) is 23.9 Å². The maximum Gasteiger partial charge on any atom is 0.405 e. The first-order chi connectivity index (χ1) is 28.0. The molecule has 6 rings (SSSR count). The Labute approximate surface area is 351 Å². The number of carbonyl (C=O) groups excluding carboxylic acids is 3. The molecule has 4 fully saturated rings. The molecule has 1 aliphatic heterocycles. The molecule has 2 heterocycles. The number of aromatic nitrogens is 2. The van der Waals surface area contributed by atoms with Crippen molar-refractivity contribution in [1.29, 1.82) is 0 Å². The van der Waals surface area contributed by atoms with E-state index in [1.807, 2.05) is 10.0 Å². The fraction of sp³-hybridized carbons (Fsp3) is 0.700. The SMILES string of the molecule is CC(C)C.CC[C@@H]1CCN(C(=O)CNC(=O)O)[C@@H]1C(=O)N[C@]1(C(=O)NS(=O)(=O)C2(C)CC2)C[C@H]1C(F)F.COc1ccc2nc(C(F)(F)CCCCC3CC3)c(=O)[nH]c2c1.[HH].[HH].[HH]. The van der Waals surface area contributed by atoms with Crippen LogP contribution in [-0.4, -0.2) is 95.2 Å². The third-order valence-corrected chi connectivity index (χ3v) is 13.4. The van der Waals surface area contributed by atoms with Gasteiger partial charge in [-0.15, -0.1) is 0 Å². The molecule has 0 radical (unpaired) electrons. The molecular weight excluding hydrogens is 817 g/mol. The highest BCUT2D eigenvalue weighted by atomic mass is 32.2. The number of carboxylic acid groups (broad SMARTS) is 1. The number of unbranched alkanes of at least 4 members (excludes halogenated alkanes) is 1. The highest BCUT2D eigenvalue weighted by Gasteiger charge is 2.67. The molecule has 3 saturated carbocycles. The van der Waals surface area contributed by atoms with Crippen molar-refractivity contribution in [3.63, 3.8) is 0 Å². The summed E-state index contributed by atoms with van der Waals surface area (Å²) in [6.45, 7) is 9.29. The molecular formula is C40H64F4N6O9S. The zero-order chi connectivity index (χ0) is 44.8. The van der Waals surface area contributed by atoms with E-state index in [0.29, 0.717) is 48.9 Å². The summed E-state index contributed by atoms with van der Waals surface area (Å²) in [5.41, 5.74) is -2.90. The normalized spacial score (nSPS) is 22.9. The number of nitrogens with one attached hydrogen (secondary N) is 4. The molecule has 20 heteroatoms. The Balaban J connectivity index is 0.000000580. The number of aromatic amines is 1. The lowest BCUT2D eigenvalue weighted by Crippen LogP contribution is -2.59. The molecule has 60 heavy (non-hydrogen) atoms. The monoisotopic (exact) mass is 880 g/mol. The maximum atomic E-state index is 14.3. The summed E-state index contributed by atoms with van der Waals surface area (Å²) < 4.78 is 86.3. The molecule has 5 N–H and O–H groups in total. The zero-order valence-corrected chi connectivity index (χ0v) is 35.7. The quantitative estimate of drug-likeness (QED) is 0.0922. The number of sulfonamides is 1. The van der Waals surface area contributed by atoms with Crippen LogP contribution in [-0.2, 0) is 30.3 Å². The minimum absolute atomic E-state index is 0. The molecule has 2 aromatic rings. The Kier molecular flexibility index (Phi) is 15.6. The molecule has 1 aromatic heterocycles. The molecule has 4 amide bonds. The van der Waals surface area contributed by atoms with Crippen molar-refractivity contribution in [2.45, 2.75) is 134 Å². The van der Waals surface area contributed by atoms with Crippen LogP contribution in [0.15, 0.2) is 23.0 Å². The number of hydrogen-bond donors (Lipinski definition) is 5. The van der Waals surface area contributed by atoms with E-state index in [0.717, 1.165) is 29.6 Å². The van der Waals surface area contributed by atoms with Gasteiger partial charge in [-0.3, -0.25) is 23.9 Å². The van der Waals surface area contributed by atoms with Gasteiger partial charge in [0.15, 0.2) is 5.69 Å². The number of fused-ring (bicyclic) bond motifs is 1. The molecule has 0 bridgehead atoms. The van der Waals surface area contributed by atoms with E-state index in [2.05, 4.69) is 36.1 Å². The van der Waals surface area contributed by atoms with Crippen LogP contribution in [0.2, 0.25) is 0 Å². The third kappa shape index (κ3) is 12.1. The summed E-state index contributed by atoms with van der Waals surface area (Å²) in [5.74, 6) is -5.74. The van der Waals surface area contributed by atoms with Gasteiger partial charge in [0.05, 0.1) is 28.8 Å². The maximum absolute atomic E-state index is 14.3. The van der Waals surface area contributed by atoms with E-state index >= 15 is 0 Å². The van der Waals surface area contributed by atoms with Gasteiger partial charge in [0, 0.05) is 23.3 Å². The van der Waals surface area contributed by atoms with E-state index in [9.17, 15) is 50.0 Å². The van der Waals surface area contributed by atoms with E-state index in [1.165, 1.54) is 26.9 Å². The Morgan fingerprint density at radius 3 is 2.30 bits per heavy atom. The average Bonchev–Trinajstić information content (AvgIpc) is 4.11. The van der Waals surface area contributed by atoms with Crippen LogP contribution in [0.3, 0.4) is 0 Å². The van der Waals surface area contributed by atoms with Gasteiger partial charge in [-0.2, -0.15) is 8.78 Å². The van der Waals surface area contributed by atoms with Gasteiger partial charge in [0.2, 0.25) is 28.3 Å². The van der Waals surface area contributed by atoms with E-state index in [1.54, 1.807) is 25.1 Å². The summed E-state index contributed by atoms with van der Waals surface area (Å²) in [6, 6.07) is 3.67. The highest BCUT2D eigenvalue weighted by molar-refractivity contribution is 7.91. The first-order valence-corrected chi connectivity index (χ1v) is 21.9. The van der Waals surface area contributed by atoms with E-state index in [4.69, 9.17) is 9.84 Å². The second kappa shape index (κ2) is 19.5. The van der Waals surface area contributed by atoms with E-state index < -0.39 is 92.7 Å². The van der Waals surface area contributed by atoms with Crippen molar-refractivity contribution in [3.05, 3.63) is 34.2 Å². The van der Waals surface area contributed by atoms with E-state index in [-0.39, 0.29) is 23.2 Å². The second-order valence-electron chi connectivity index (χ2n) is 17.1. The number of carbonyl (C=O) groups is 4. The summed E-state index contributed by atoms with van der Waals surface area (Å²) in [6.07, 6.45) is 1.04. The Hall–Kier alpha value is -4.49. The number of nitrogens with zero attached hydrogens (tertiary/aromatic N) is 2. The molecule has 1 aromatic carbocycles. The number of benzene rings is 1. The summed E-state index contributed by atoms with van der Waals surface area (Å²) in [7, 11) is -2.62. The summed E-state index contributed by atoms with van der Waals surface area (Å²) >= 11 is 0. The van der Waals surface area contributed by atoms with Crippen molar-refractivity contribution in [2.24, 2.45) is 23.7 Å². The third-order valence-electron chi connectivity index (χ3n) is 11.2. The lowest BCUT2D eigenvalue weighted by atomic mass is 9.96. The molecule has 1 saturated heterocycles. The first-order valence-electron chi connectivity index (χ1n) is 20.4. The van der Waals surface area contributed by atoms with Crippen LogP contribution in [0.5, 0.6) is 5.75 Å². The molecule has 3 aliphatic carbocycles. The second-order valence-corrected chi connectivity index (χ2v) is 19.3. The topological polar surface area (TPSA) is 217 Å². The largest absolute Gasteiger partial charge is 0.497 e. The predicted molar refractivity (Wildman–Crippen MR) is 220 cm³/mol. The van der Waals surface area contributed by atoms with Gasteiger partial charge in [-0.25, -0.2) is 27.0 Å². The van der Waals surface area contributed by atoms with Crippen LogP contribution in [0.25, 0.3) is 11.0 Å². The number of alkyl halides is 4. The van der Waals surface area contributed by atoms with Crippen molar-refractivity contribution >= 4 is 44.9 Å². The standard InChI is InChI=1S/C19H28F2N4O7S.C17H20F2N2O2.C4H10.3H2/c1-3-10-4-7-25(12(26)9-22-17(29)30)13(10)15(27)23-19(8-11(19)14(20)21)16(28)24-33(31,32)18(2)5-6-18;1-23-12-7-8-13-14(10-12)21-16(22)15(20-13)17(18,19)9-3-2-4-11-5-6-11;1-4(2)3;;;/h10-11,13-14,22H,3-9H2,1-2H3,(H,23,27)(H,24,28)(H,29,30);7-8,10-11H,2-6,9H2,1H3,(H,21,22);4H,1-3H3;3*1H/t10-,11+,13+,19-;;;;;/m1...../s1. The van der Waals surface area contributed by atoms with Crippen molar-refractivity contribution in [1.82, 2.24) is 30.2 Å². The lowest BCUT2D eigenvalue weighted by Gasteiger charge is -2.29. The van der Waals surface area contributed by atoms with Gasteiger partial charge >= 0.3 is 6.09 Å². The molecule has 0 spiro atoms. The fourth-order valence-corrected chi connectivity index (χ4v) is 8.36. The number of hydrogen-bond acceptors (Lipinski definition) is 9. The van der Waals surface area contributed by atoms with Crippen LogP contribution >= 0.6 is 0 Å². The molecule has 342 valence electrons. The predicted octanol–water partition coefficient (Wildman–Crippen LogP) is 6.41. The molecule has 4 atom stereocenters. The minimum Gasteiger partial charge on any atom is -0.497 e. The molecule has 4 aliphatic rings. The van der Waals surface area contributed by atoms with Crippen LogP contribution < -0.4 is 25.7 Å². The Morgan fingerprint density at radius 1 is 1.12 bits per heavy atom. The number of amides is 4. The fourth-order valence-electron chi connectivity index (χ4n) is 7.05. The highest BCUT2D eigenvalue weighted by Crippen LogP contribution is 2.49. The van der Waals surface area contributed by atoms with Gasteiger partial charge < -0.3 is 30.4 Å². The number of ether oxygens (including phenoxy) is 1. The Bertz CT molecular complexity index is 2060.